The standard InChI is InChI=1S/C13H16F2N2OS.C7H8S/c14-13(15)9(8-4-2-1-3-5-8)10(13)11(18)17-12-16-6-7-19-12;1-8-7-5-3-2-4-6-7/h6-10H,1-5H2,(H,16,17,18);2-6H,1H3/t9-,10?;/m0./s1. The Morgan fingerprint density at radius 1 is 1.22 bits per heavy atom. The van der Waals surface area contributed by atoms with Crippen molar-refractivity contribution in [1.29, 1.82) is 0 Å². The van der Waals surface area contributed by atoms with Crippen LogP contribution in [0.1, 0.15) is 32.1 Å². The molecule has 4 rings (SSSR count). The maximum absolute atomic E-state index is 13.8. The second-order valence-electron chi connectivity index (χ2n) is 6.92. The topological polar surface area (TPSA) is 42.0 Å². The molecule has 2 atom stereocenters. The fourth-order valence-electron chi connectivity index (χ4n) is 3.79. The van der Waals surface area contributed by atoms with Gasteiger partial charge in [0.15, 0.2) is 5.13 Å². The van der Waals surface area contributed by atoms with E-state index in [0.29, 0.717) is 5.13 Å². The van der Waals surface area contributed by atoms with E-state index >= 15 is 0 Å². The molecule has 7 heteroatoms. The van der Waals surface area contributed by atoms with Gasteiger partial charge in [0.2, 0.25) is 5.91 Å². The molecule has 0 radical (unpaired) electrons. The van der Waals surface area contributed by atoms with Gasteiger partial charge in [-0.3, -0.25) is 4.79 Å². The van der Waals surface area contributed by atoms with Crippen molar-refractivity contribution < 1.29 is 13.6 Å². The molecule has 2 aliphatic carbocycles. The van der Waals surface area contributed by atoms with Crippen LogP contribution in [0.5, 0.6) is 0 Å². The van der Waals surface area contributed by atoms with Crippen LogP contribution >= 0.6 is 23.1 Å². The molecular weight excluding hydrogens is 386 g/mol. The van der Waals surface area contributed by atoms with Gasteiger partial charge in [-0.1, -0.05) is 37.5 Å². The Bertz CT molecular complexity index is 719. The zero-order chi connectivity index (χ0) is 19.3. The lowest BCUT2D eigenvalue weighted by Gasteiger charge is -2.21. The van der Waals surface area contributed by atoms with E-state index in [4.69, 9.17) is 0 Å². The number of rotatable bonds is 4. The van der Waals surface area contributed by atoms with Crippen LogP contribution in [-0.4, -0.2) is 23.1 Å². The molecule has 27 heavy (non-hydrogen) atoms. The van der Waals surface area contributed by atoms with E-state index < -0.39 is 23.7 Å². The number of hydrogen-bond acceptors (Lipinski definition) is 4. The summed E-state index contributed by atoms with van der Waals surface area (Å²) < 4.78 is 27.7. The zero-order valence-electron chi connectivity index (χ0n) is 15.2. The molecule has 0 spiro atoms. The maximum atomic E-state index is 13.8. The number of aromatic nitrogens is 1. The molecule has 0 bridgehead atoms. The average Bonchev–Trinajstić information content (AvgIpc) is 3.01. The van der Waals surface area contributed by atoms with Crippen molar-refractivity contribution in [1.82, 2.24) is 4.98 Å². The summed E-state index contributed by atoms with van der Waals surface area (Å²) in [5, 5.41) is 4.60. The number of amides is 1. The van der Waals surface area contributed by atoms with Gasteiger partial charge in [0.05, 0.1) is 0 Å². The maximum Gasteiger partial charge on any atom is 0.264 e. The van der Waals surface area contributed by atoms with Crippen molar-refractivity contribution in [2.45, 2.75) is 42.9 Å². The number of thiazole rings is 1. The Labute approximate surface area is 167 Å². The van der Waals surface area contributed by atoms with E-state index in [-0.39, 0.29) is 5.92 Å². The highest BCUT2D eigenvalue weighted by molar-refractivity contribution is 7.98. The Kier molecular flexibility index (Phi) is 6.87. The summed E-state index contributed by atoms with van der Waals surface area (Å²) in [5.41, 5.74) is 0. The number of carbonyl (C=O) groups is 1. The SMILES string of the molecule is CSc1ccccc1.O=C(Nc1nccs1)C1[C@H](C2CCCCC2)C1(F)F. The van der Waals surface area contributed by atoms with Crippen molar-refractivity contribution in [3.63, 3.8) is 0 Å². The van der Waals surface area contributed by atoms with Crippen LogP contribution in [0.4, 0.5) is 13.9 Å². The Morgan fingerprint density at radius 2 is 1.93 bits per heavy atom. The minimum Gasteiger partial charge on any atom is -0.302 e. The summed E-state index contributed by atoms with van der Waals surface area (Å²) in [7, 11) is 0. The van der Waals surface area contributed by atoms with Gasteiger partial charge in [0, 0.05) is 22.4 Å². The fraction of sp³-hybridized carbons (Fsp3) is 0.500. The molecule has 2 fully saturated rings. The lowest BCUT2D eigenvalue weighted by molar-refractivity contribution is -0.119. The van der Waals surface area contributed by atoms with Gasteiger partial charge in [0.1, 0.15) is 5.92 Å². The van der Waals surface area contributed by atoms with Crippen LogP contribution < -0.4 is 5.32 Å². The van der Waals surface area contributed by atoms with Crippen molar-refractivity contribution in [2.24, 2.45) is 17.8 Å². The molecule has 1 aromatic carbocycles. The molecule has 0 aliphatic heterocycles. The lowest BCUT2D eigenvalue weighted by Crippen LogP contribution is -2.18. The molecule has 0 saturated heterocycles. The highest BCUT2D eigenvalue weighted by Gasteiger charge is 2.73. The van der Waals surface area contributed by atoms with Crippen LogP contribution in [-0.2, 0) is 4.79 Å². The summed E-state index contributed by atoms with van der Waals surface area (Å²) in [5.74, 6) is -5.30. The largest absolute Gasteiger partial charge is 0.302 e. The molecular formula is C20H24F2N2OS2. The quantitative estimate of drug-likeness (QED) is 0.633. The predicted octanol–water partition coefficient (Wildman–Crippen LogP) is 5.95. The zero-order valence-corrected chi connectivity index (χ0v) is 16.9. The summed E-state index contributed by atoms with van der Waals surface area (Å²) >= 11 is 3.01. The van der Waals surface area contributed by atoms with Crippen molar-refractivity contribution in [3.8, 4) is 0 Å². The van der Waals surface area contributed by atoms with Crippen molar-refractivity contribution in [2.75, 3.05) is 11.6 Å². The van der Waals surface area contributed by atoms with Gasteiger partial charge in [-0.25, -0.2) is 13.8 Å². The number of nitrogens with zero attached hydrogens (tertiary/aromatic N) is 1. The third-order valence-electron chi connectivity index (χ3n) is 5.19. The molecule has 146 valence electrons. The first-order valence-electron chi connectivity index (χ1n) is 9.21. The van der Waals surface area contributed by atoms with E-state index in [1.165, 1.54) is 16.2 Å². The highest BCUT2D eigenvalue weighted by atomic mass is 32.2. The second-order valence-corrected chi connectivity index (χ2v) is 8.69. The van der Waals surface area contributed by atoms with Crippen LogP contribution in [0.15, 0.2) is 46.8 Å². The number of anilines is 1. The third-order valence-corrected chi connectivity index (χ3v) is 6.62. The number of alkyl halides is 2. The van der Waals surface area contributed by atoms with Crippen molar-refractivity contribution in [3.05, 3.63) is 41.9 Å². The molecule has 2 saturated carbocycles. The summed E-state index contributed by atoms with van der Waals surface area (Å²) in [4.78, 5) is 17.1. The number of hydrogen-bond donors (Lipinski definition) is 1. The molecule has 3 nitrogen and oxygen atoms in total. The smallest absolute Gasteiger partial charge is 0.264 e. The van der Waals surface area contributed by atoms with Gasteiger partial charge in [-0.15, -0.1) is 23.1 Å². The molecule has 2 aliphatic rings. The molecule has 1 heterocycles. The number of thioether (sulfide) groups is 1. The van der Waals surface area contributed by atoms with Crippen LogP contribution in [0, 0.1) is 17.8 Å². The molecule has 1 aromatic heterocycles. The van der Waals surface area contributed by atoms with Gasteiger partial charge in [-0.2, -0.15) is 0 Å². The first kappa shape index (κ1) is 20.3. The van der Waals surface area contributed by atoms with Gasteiger partial charge in [0.25, 0.3) is 5.92 Å². The van der Waals surface area contributed by atoms with Crippen LogP contribution in [0.2, 0.25) is 0 Å². The Hall–Kier alpha value is -1.47. The molecule has 1 unspecified atom stereocenters. The van der Waals surface area contributed by atoms with E-state index in [0.717, 1.165) is 32.1 Å². The number of nitrogens with one attached hydrogen (secondary N) is 1. The Morgan fingerprint density at radius 3 is 2.48 bits per heavy atom. The normalized spacial score (nSPS) is 23.8. The van der Waals surface area contributed by atoms with Crippen LogP contribution in [0.3, 0.4) is 0 Å². The molecule has 1 amide bonds. The van der Waals surface area contributed by atoms with E-state index in [9.17, 15) is 13.6 Å². The Balaban J connectivity index is 0.000000221. The summed E-state index contributed by atoms with van der Waals surface area (Å²) in [6, 6.07) is 10.3. The van der Waals surface area contributed by atoms with E-state index in [1.54, 1.807) is 23.3 Å². The van der Waals surface area contributed by atoms with E-state index in [2.05, 4.69) is 28.7 Å². The molecule has 2 aromatic rings. The summed E-state index contributed by atoms with van der Waals surface area (Å²) in [6.45, 7) is 0. The van der Waals surface area contributed by atoms with Gasteiger partial charge in [-0.05, 0) is 37.1 Å². The van der Waals surface area contributed by atoms with Gasteiger partial charge >= 0.3 is 0 Å². The average molecular weight is 411 g/mol. The number of benzene rings is 1. The monoisotopic (exact) mass is 410 g/mol. The first-order valence-corrected chi connectivity index (χ1v) is 11.3. The minimum absolute atomic E-state index is 0.01000. The number of carbonyl (C=O) groups excluding carboxylic acids is 1. The fourth-order valence-corrected chi connectivity index (χ4v) is 4.75. The minimum atomic E-state index is -2.83. The van der Waals surface area contributed by atoms with Crippen LogP contribution in [0.25, 0.3) is 0 Å². The van der Waals surface area contributed by atoms with Crippen molar-refractivity contribution >= 4 is 34.1 Å². The van der Waals surface area contributed by atoms with E-state index in [1.807, 2.05) is 18.2 Å². The molecule has 1 N–H and O–H groups in total. The highest BCUT2D eigenvalue weighted by Crippen LogP contribution is 2.61. The number of halogens is 2. The predicted molar refractivity (Wildman–Crippen MR) is 107 cm³/mol. The third kappa shape index (κ3) is 5.08. The first-order chi connectivity index (χ1) is 13.0. The second kappa shape index (κ2) is 9.15. The lowest BCUT2D eigenvalue weighted by atomic mass is 9.85. The van der Waals surface area contributed by atoms with Gasteiger partial charge < -0.3 is 5.32 Å². The summed E-state index contributed by atoms with van der Waals surface area (Å²) in [6.07, 6.45) is 8.45.